The number of fused-ring (bicyclic) bond motifs is 1. The first-order chi connectivity index (χ1) is 13.7. The third-order valence-corrected chi connectivity index (χ3v) is 5.89. The summed E-state index contributed by atoms with van der Waals surface area (Å²) in [6, 6.07) is 2.05. The van der Waals surface area contributed by atoms with E-state index in [0.29, 0.717) is 5.57 Å². The van der Waals surface area contributed by atoms with Crippen molar-refractivity contribution in [3.8, 4) is 0 Å². The van der Waals surface area contributed by atoms with Crippen molar-refractivity contribution < 1.29 is 33.4 Å². The highest BCUT2D eigenvalue weighted by molar-refractivity contribution is 8.00. The van der Waals surface area contributed by atoms with Crippen LogP contribution in [0, 0.1) is 0 Å². The van der Waals surface area contributed by atoms with Crippen molar-refractivity contribution in [1.82, 2.24) is 10.2 Å². The van der Waals surface area contributed by atoms with Gasteiger partial charge in [-0.05, 0) is 12.1 Å². The van der Waals surface area contributed by atoms with E-state index in [1.165, 1.54) is 31.0 Å². The summed E-state index contributed by atoms with van der Waals surface area (Å²) in [5.74, 6) is -2.90. The van der Waals surface area contributed by atoms with Crippen molar-refractivity contribution in [2.75, 3.05) is 12.4 Å². The second-order valence-corrected chi connectivity index (χ2v) is 8.07. The van der Waals surface area contributed by atoms with E-state index in [0.717, 1.165) is 4.90 Å². The maximum Gasteiger partial charge on any atom is 0.352 e. The Bertz CT molecular complexity index is 938. The van der Waals surface area contributed by atoms with Crippen LogP contribution in [0.2, 0.25) is 0 Å². The van der Waals surface area contributed by atoms with Crippen LogP contribution in [0.4, 0.5) is 0 Å². The number of carboxylic acid groups (broad SMARTS) is 1. The van der Waals surface area contributed by atoms with Crippen LogP contribution in [0.3, 0.4) is 0 Å². The summed E-state index contributed by atoms with van der Waals surface area (Å²) in [5.41, 5.74) is -0.0929. The van der Waals surface area contributed by atoms with Crippen molar-refractivity contribution in [2.24, 2.45) is 0 Å². The van der Waals surface area contributed by atoms with Crippen molar-refractivity contribution >= 4 is 64.3 Å². The van der Waals surface area contributed by atoms with E-state index in [1.54, 1.807) is 6.07 Å². The molecule has 1 aromatic heterocycles. The van der Waals surface area contributed by atoms with Crippen LogP contribution >= 0.6 is 35.0 Å². The number of hydrogen-bond acceptors (Lipinski definition) is 7. The molecule has 0 spiro atoms. The summed E-state index contributed by atoms with van der Waals surface area (Å²) in [4.78, 5) is 49.0. The average Bonchev–Trinajstić information content (AvgIpc) is 3.17. The topological polar surface area (TPSA) is 126 Å². The third kappa shape index (κ3) is 4.14. The molecular weight excluding hydrogens is 447 g/mol. The van der Waals surface area contributed by atoms with Gasteiger partial charge in [0.15, 0.2) is 0 Å². The molecule has 0 aromatic carbocycles. The van der Waals surface area contributed by atoms with E-state index in [1.807, 2.05) is 0 Å². The Labute approximate surface area is 178 Å². The average molecular weight is 461 g/mol. The quantitative estimate of drug-likeness (QED) is 0.373. The van der Waals surface area contributed by atoms with Gasteiger partial charge in [0.1, 0.15) is 39.5 Å². The highest BCUT2D eigenvalue weighted by Crippen LogP contribution is 2.40. The first kappa shape index (κ1) is 21.3. The lowest BCUT2D eigenvalue weighted by molar-refractivity contribution is -0.150. The Balaban J connectivity index is 1.79. The Kier molecular flexibility index (Phi) is 6.25. The molecule has 9 nitrogen and oxygen atoms in total. The maximum absolute atomic E-state index is 12.6. The SMILES string of the molecule is CC(=O)OCC1=C(C(=O)O)N2C(=O)C(NC(=O)C(=C(Cl)Cl)c3ccco3)[C@H]2SC1. The number of nitrogens with zero attached hydrogens (tertiary/aromatic N) is 1. The Morgan fingerprint density at radius 2 is 2.14 bits per heavy atom. The predicted molar refractivity (Wildman–Crippen MR) is 104 cm³/mol. The molecule has 1 saturated heterocycles. The zero-order valence-corrected chi connectivity index (χ0v) is 17.1. The first-order valence-corrected chi connectivity index (χ1v) is 9.96. The molecule has 154 valence electrons. The molecule has 2 atom stereocenters. The molecule has 3 heterocycles. The molecule has 12 heteroatoms. The summed E-state index contributed by atoms with van der Waals surface area (Å²) >= 11 is 12.8. The van der Waals surface area contributed by atoms with Crippen LogP contribution in [-0.4, -0.2) is 57.5 Å². The van der Waals surface area contributed by atoms with Gasteiger partial charge in [0.25, 0.3) is 11.8 Å². The van der Waals surface area contributed by atoms with E-state index >= 15 is 0 Å². The summed E-state index contributed by atoms with van der Waals surface area (Å²) in [6.45, 7) is 0.969. The Morgan fingerprint density at radius 1 is 1.41 bits per heavy atom. The van der Waals surface area contributed by atoms with Gasteiger partial charge in [0.2, 0.25) is 0 Å². The number of halogens is 2. The van der Waals surface area contributed by atoms with Crippen LogP contribution < -0.4 is 5.32 Å². The van der Waals surface area contributed by atoms with Gasteiger partial charge in [-0.15, -0.1) is 11.8 Å². The molecule has 29 heavy (non-hydrogen) atoms. The number of rotatable bonds is 6. The number of furan rings is 1. The zero-order chi connectivity index (χ0) is 21.3. The van der Waals surface area contributed by atoms with Gasteiger partial charge in [-0.3, -0.25) is 19.3 Å². The van der Waals surface area contributed by atoms with Gasteiger partial charge < -0.3 is 19.6 Å². The second-order valence-electron chi connectivity index (χ2n) is 6.01. The first-order valence-electron chi connectivity index (χ1n) is 8.15. The molecule has 2 N–H and O–H groups in total. The third-order valence-electron chi connectivity index (χ3n) is 4.17. The van der Waals surface area contributed by atoms with E-state index in [9.17, 15) is 24.3 Å². The number of ether oxygens (including phenoxy) is 1. The fourth-order valence-corrected chi connectivity index (χ4v) is 4.59. The molecule has 1 aromatic rings. The number of carboxylic acids is 1. The van der Waals surface area contributed by atoms with Gasteiger partial charge in [-0.2, -0.15) is 0 Å². The minimum atomic E-state index is -1.32. The molecule has 2 amide bonds. The Morgan fingerprint density at radius 3 is 2.69 bits per heavy atom. The molecule has 0 aliphatic carbocycles. The van der Waals surface area contributed by atoms with Crippen molar-refractivity contribution in [3.05, 3.63) is 39.9 Å². The smallest absolute Gasteiger partial charge is 0.352 e. The van der Waals surface area contributed by atoms with E-state index < -0.39 is 35.2 Å². The number of hydrogen-bond donors (Lipinski definition) is 2. The summed E-state index contributed by atoms with van der Waals surface area (Å²) < 4.78 is 9.67. The number of esters is 1. The summed E-state index contributed by atoms with van der Waals surface area (Å²) in [6.07, 6.45) is 1.33. The lowest BCUT2D eigenvalue weighted by atomic mass is 10.0. The van der Waals surface area contributed by atoms with Crippen LogP contribution in [0.5, 0.6) is 0 Å². The molecule has 0 bridgehead atoms. The minimum Gasteiger partial charge on any atom is -0.477 e. The van der Waals surface area contributed by atoms with Crippen molar-refractivity contribution in [2.45, 2.75) is 18.3 Å². The van der Waals surface area contributed by atoms with E-state index in [4.69, 9.17) is 32.4 Å². The van der Waals surface area contributed by atoms with Gasteiger partial charge in [0.05, 0.1) is 6.26 Å². The predicted octanol–water partition coefficient (Wildman–Crippen LogP) is 1.73. The lowest BCUT2D eigenvalue weighted by Gasteiger charge is -2.49. The number of β-lactam (4-membered cyclic amide) rings is 1. The number of carbonyl (C=O) groups is 4. The fraction of sp³-hybridized carbons (Fsp3) is 0.294. The van der Waals surface area contributed by atoms with Crippen LogP contribution in [0.15, 0.2) is 38.6 Å². The molecule has 1 unspecified atom stereocenters. The zero-order valence-electron chi connectivity index (χ0n) is 14.8. The van der Waals surface area contributed by atoms with Crippen molar-refractivity contribution in [3.63, 3.8) is 0 Å². The molecule has 3 rings (SSSR count). The number of amides is 2. The fourth-order valence-electron chi connectivity index (χ4n) is 2.91. The van der Waals surface area contributed by atoms with Crippen LogP contribution in [-0.2, 0) is 23.9 Å². The minimum absolute atomic E-state index is 0.122. The lowest BCUT2D eigenvalue weighted by Crippen LogP contribution is -2.70. The summed E-state index contributed by atoms with van der Waals surface area (Å²) in [7, 11) is 0. The van der Waals surface area contributed by atoms with Crippen LogP contribution in [0.25, 0.3) is 5.57 Å². The second kappa shape index (κ2) is 8.52. The number of carbonyl (C=O) groups excluding carboxylic acids is 3. The van der Waals surface area contributed by atoms with Crippen LogP contribution in [0.1, 0.15) is 12.7 Å². The molecule has 0 radical (unpaired) electrons. The molecule has 2 aliphatic rings. The van der Waals surface area contributed by atoms with E-state index in [2.05, 4.69) is 5.32 Å². The standard InChI is InChI=1S/C17H14Cl2N2O7S/c1-7(22)28-5-8-6-29-16-11(15(24)21(16)12(8)17(25)26)20-14(23)10(13(18)19)9-3-2-4-27-9/h2-4,11,16H,5-6H2,1H3,(H,20,23)(H,25,26)/t11?,16-/m1/s1. The molecule has 0 saturated carbocycles. The van der Waals surface area contributed by atoms with Gasteiger partial charge in [-0.1, -0.05) is 23.2 Å². The largest absolute Gasteiger partial charge is 0.477 e. The molecule has 2 aliphatic heterocycles. The summed E-state index contributed by atoms with van der Waals surface area (Å²) in [5, 5.41) is 11.4. The highest BCUT2D eigenvalue weighted by atomic mass is 35.5. The van der Waals surface area contributed by atoms with Gasteiger partial charge in [0, 0.05) is 18.2 Å². The van der Waals surface area contributed by atoms with E-state index in [-0.39, 0.29) is 33.9 Å². The van der Waals surface area contributed by atoms with Gasteiger partial charge >= 0.3 is 11.9 Å². The number of nitrogens with one attached hydrogen (secondary N) is 1. The van der Waals surface area contributed by atoms with Crippen molar-refractivity contribution in [1.29, 1.82) is 0 Å². The molecule has 1 fully saturated rings. The number of thioether (sulfide) groups is 1. The highest BCUT2D eigenvalue weighted by Gasteiger charge is 2.54. The normalized spacial score (nSPS) is 20.5. The maximum atomic E-state index is 12.6. The molecular formula is C17H14Cl2N2O7S. The van der Waals surface area contributed by atoms with Gasteiger partial charge in [-0.25, -0.2) is 4.79 Å². The monoisotopic (exact) mass is 460 g/mol. The Hall–Kier alpha value is -2.43. The number of aliphatic carboxylic acids is 1.